The first-order chi connectivity index (χ1) is 15.7. The van der Waals surface area contributed by atoms with Gasteiger partial charge in [0.2, 0.25) is 0 Å². The minimum absolute atomic E-state index is 0.173. The molecule has 4 heterocycles. The van der Waals surface area contributed by atoms with Gasteiger partial charge in [-0.05, 0) is 23.3 Å². The molecule has 0 unspecified atom stereocenters. The van der Waals surface area contributed by atoms with Crippen LogP contribution < -0.4 is 19.5 Å². The fraction of sp³-hybridized carbons (Fsp3) is 0.364. The molecule has 2 aliphatic rings. The van der Waals surface area contributed by atoms with Crippen molar-refractivity contribution in [3.8, 4) is 17.6 Å². The number of hydrogen-bond donors (Lipinski definition) is 1. The van der Waals surface area contributed by atoms with Gasteiger partial charge in [0, 0.05) is 45.8 Å². The molecule has 10 nitrogen and oxygen atoms in total. The van der Waals surface area contributed by atoms with E-state index in [4.69, 9.17) is 14.2 Å². The molecule has 5 rings (SSSR count). The highest BCUT2D eigenvalue weighted by atomic mass is 16.6. The van der Waals surface area contributed by atoms with Crippen molar-refractivity contribution >= 4 is 6.09 Å². The first-order valence-electron chi connectivity index (χ1n) is 10.6. The lowest BCUT2D eigenvalue weighted by molar-refractivity contribution is 0.0851. The molecule has 2 aromatic heterocycles. The third-order valence-electron chi connectivity index (χ3n) is 5.61. The molecule has 1 aromatic carbocycles. The molecule has 0 aliphatic carbocycles. The topological polar surface area (TPSA) is 104 Å². The third-order valence-corrected chi connectivity index (χ3v) is 5.61. The van der Waals surface area contributed by atoms with E-state index in [1.54, 1.807) is 6.20 Å². The fourth-order valence-corrected chi connectivity index (χ4v) is 3.88. The second kappa shape index (κ2) is 8.83. The Hall–Kier alpha value is -3.66. The summed E-state index contributed by atoms with van der Waals surface area (Å²) in [5, 5.41) is 10.6. The number of carbonyl (C=O) groups excluding carboxylic acids is 1. The Balaban J connectivity index is 1.20. The van der Waals surface area contributed by atoms with Gasteiger partial charge in [-0.3, -0.25) is 9.47 Å². The van der Waals surface area contributed by atoms with Crippen molar-refractivity contribution in [1.29, 1.82) is 0 Å². The number of nitrogens with one attached hydrogen (secondary N) is 1. The number of amides is 1. The normalized spacial score (nSPS) is 17.8. The van der Waals surface area contributed by atoms with E-state index in [-0.39, 0.29) is 12.1 Å². The number of nitrogens with zero attached hydrogens (tertiary/aromatic N) is 5. The minimum Gasteiger partial charge on any atom is -0.484 e. The van der Waals surface area contributed by atoms with Crippen LogP contribution in [0.3, 0.4) is 0 Å². The summed E-state index contributed by atoms with van der Waals surface area (Å²) < 4.78 is 18.8. The molecule has 0 spiro atoms. The van der Waals surface area contributed by atoms with Crippen molar-refractivity contribution in [1.82, 2.24) is 30.0 Å². The van der Waals surface area contributed by atoms with Gasteiger partial charge in [0.15, 0.2) is 11.9 Å². The molecule has 2 aliphatic heterocycles. The van der Waals surface area contributed by atoms with Crippen molar-refractivity contribution in [2.75, 3.05) is 26.7 Å². The maximum absolute atomic E-state index is 11.5. The van der Waals surface area contributed by atoms with Crippen LogP contribution in [0.25, 0.3) is 0 Å². The zero-order chi connectivity index (χ0) is 21.9. The lowest BCUT2D eigenvalue weighted by Crippen LogP contribution is -2.27. The van der Waals surface area contributed by atoms with E-state index in [0.717, 1.165) is 37.4 Å². The highest BCUT2D eigenvalue weighted by molar-refractivity contribution is 5.68. The number of aromatic nitrogens is 4. The smallest absolute Gasteiger partial charge is 0.414 e. The van der Waals surface area contributed by atoms with Gasteiger partial charge in [-0.2, -0.15) is 0 Å². The summed E-state index contributed by atoms with van der Waals surface area (Å²) in [4.78, 5) is 18.1. The number of benzene rings is 1. The standard InChI is InChI=1S/C22H24N6O4/c1-23-22(29)32-21-26-25-19-8-10-27(11-12-28(19)21)13-15-4-6-16(7-5-15)18-14-30-17-3-2-9-24-20(17)31-18/h2-7,9,18H,8,10-14H2,1H3,(H,23,29)/t18-/m1/s1. The van der Waals surface area contributed by atoms with Crippen LogP contribution in [0, 0.1) is 0 Å². The SMILES string of the molecule is CNC(=O)Oc1nnc2n1CCN(Cc1ccc([C@H]3COc4cccnc4O3)cc1)CC2. The Morgan fingerprint density at radius 1 is 1.19 bits per heavy atom. The molecular formula is C22H24N6O4. The highest BCUT2D eigenvalue weighted by Gasteiger charge is 2.24. The van der Waals surface area contributed by atoms with Crippen LogP contribution in [0.2, 0.25) is 0 Å². The van der Waals surface area contributed by atoms with Crippen LogP contribution in [0.4, 0.5) is 4.79 Å². The van der Waals surface area contributed by atoms with Gasteiger partial charge in [-0.15, -0.1) is 5.10 Å². The van der Waals surface area contributed by atoms with Crippen LogP contribution >= 0.6 is 0 Å². The van der Waals surface area contributed by atoms with E-state index in [9.17, 15) is 4.79 Å². The number of hydrogen-bond acceptors (Lipinski definition) is 8. The fourth-order valence-electron chi connectivity index (χ4n) is 3.88. The number of ether oxygens (including phenoxy) is 3. The van der Waals surface area contributed by atoms with Crippen molar-refractivity contribution < 1.29 is 19.0 Å². The average Bonchev–Trinajstić information content (AvgIpc) is 3.10. The molecular weight excluding hydrogens is 412 g/mol. The Morgan fingerprint density at radius 3 is 2.91 bits per heavy atom. The van der Waals surface area contributed by atoms with Gasteiger partial charge < -0.3 is 19.5 Å². The summed E-state index contributed by atoms with van der Waals surface area (Å²) in [5.41, 5.74) is 2.27. The number of pyridine rings is 1. The number of fused-ring (bicyclic) bond motifs is 2. The maximum atomic E-state index is 11.5. The summed E-state index contributed by atoms with van der Waals surface area (Å²) in [6.07, 6.45) is 1.72. The van der Waals surface area contributed by atoms with Gasteiger partial charge in [-0.25, -0.2) is 9.78 Å². The van der Waals surface area contributed by atoms with Crippen LogP contribution in [-0.4, -0.2) is 57.5 Å². The van der Waals surface area contributed by atoms with Crippen molar-refractivity contribution in [2.24, 2.45) is 0 Å². The molecule has 10 heteroatoms. The second-order valence-electron chi connectivity index (χ2n) is 7.68. The summed E-state index contributed by atoms with van der Waals surface area (Å²) in [6.45, 7) is 3.59. The molecule has 166 valence electrons. The van der Waals surface area contributed by atoms with Gasteiger partial charge in [0.1, 0.15) is 12.4 Å². The highest BCUT2D eigenvalue weighted by Crippen LogP contribution is 2.34. The third kappa shape index (κ3) is 4.22. The summed E-state index contributed by atoms with van der Waals surface area (Å²) in [5.74, 6) is 2.04. The van der Waals surface area contributed by atoms with E-state index in [1.807, 2.05) is 16.7 Å². The Bertz CT molecular complexity index is 1100. The number of carbonyl (C=O) groups is 1. The molecule has 0 fully saturated rings. The lowest BCUT2D eigenvalue weighted by atomic mass is 10.1. The van der Waals surface area contributed by atoms with Gasteiger partial charge in [0.25, 0.3) is 5.88 Å². The quantitative estimate of drug-likeness (QED) is 0.662. The molecule has 32 heavy (non-hydrogen) atoms. The van der Waals surface area contributed by atoms with Gasteiger partial charge in [0.05, 0.1) is 0 Å². The lowest BCUT2D eigenvalue weighted by Gasteiger charge is -2.26. The van der Waals surface area contributed by atoms with E-state index in [1.165, 1.54) is 12.6 Å². The molecule has 1 amide bonds. The average molecular weight is 436 g/mol. The van der Waals surface area contributed by atoms with Gasteiger partial charge >= 0.3 is 12.1 Å². The second-order valence-corrected chi connectivity index (χ2v) is 7.68. The minimum atomic E-state index is -0.548. The predicted molar refractivity (Wildman–Crippen MR) is 114 cm³/mol. The first-order valence-corrected chi connectivity index (χ1v) is 10.6. The van der Waals surface area contributed by atoms with E-state index in [2.05, 4.69) is 49.7 Å². The molecule has 3 aromatic rings. The van der Waals surface area contributed by atoms with Crippen LogP contribution in [0.5, 0.6) is 17.6 Å². The van der Waals surface area contributed by atoms with Crippen LogP contribution in [-0.2, 0) is 19.5 Å². The molecule has 0 bridgehead atoms. The number of rotatable bonds is 4. The molecule has 0 saturated heterocycles. The van der Waals surface area contributed by atoms with Crippen molar-refractivity contribution in [2.45, 2.75) is 25.6 Å². The predicted octanol–water partition coefficient (Wildman–Crippen LogP) is 1.96. The van der Waals surface area contributed by atoms with Crippen LogP contribution in [0.15, 0.2) is 42.6 Å². The largest absolute Gasteiger partial charge is 0.484 e. The Morgan fingerprint density at radius 2 is 2.06 bits per heavy atom. The van der Waals surface area contributed by atoms with E-state index >= 15 is 0 Å². The Kier molecular flexibility index (Phi) is 5.59. The van der Waals surface area contributed by atoms with Crippen molar-refractivity contribution in [3.63, 3.8) is 0 Å². The summed E-state index contributed by atoms with van der Waals surface area (Å²) >= 11 is 0. The zero-order valence-corrected chi connectivity index (χ0v) is 17.7. The molecule has 0 saturated carbocycles. The van der Waals surface area contributed by atoms with E-state index in [0.29, 0.717) is 24.8 Å². The summed E-state index contributed by atoms with van der Waals surface area (Å²) in [6, 6.07) is 12.3. The van der Waals surface area contributed by atoms with Crippen LogP contribution in [0.1, 0.15) is 23.1 Å². The first kappa shape index (κ1) is 20.3. The van der Waals surface area contributed by atoms with Gasteiger partial charge in [-0.1, -0.05) is 29.4 Å². The molecule has 1 N–H and O–H groups in total. The zero-order valence-electron chi connectivity index (χ0n) is 17.7. The molecule has 0 radical (unpaired) electrons. The monoisotopic (exact) mass is 436 g/mol. The van der Waals surface area contributed by atoms with E-state index < -0.39 is 6.09 Å². The maximum Gasteiger partial charge on any atom is 0.414 e. The Labute approximate surface area is 185 Å². The van der Waals surface area contributed by atoms with Crippen molar-refractivity contribution in [3.05, 3.63) is 59.5 Å². The molecule has 1 atom stereocenters. The summed E-state index contributed by atoms with van der Waals surface area (Å²) in [7, 11) is 1.51.